The van der Waals surface area contributed by atoms with Crippen LogP contribution in [0.25, 0.3) is 10.2 Å². The number of thiazole rings is 1. The van der Waals surface area contributed by atoms with Crippen LogP contribution in [0.1, 0.15) is 32.1 Å². The maximum atomic E-state index is 12.7. The number of rotatable bonds is 6. The van der Waals surface area contributed by atoms with E-state index in [0.29, 0.717) is 29.5 Å². The molecule has 1 aliphatic carbocycles. The van der Waals surface area contributed by atoms with Crippen LogP contribution in [0.4, 0.5) is 0 Å². The molecular weight excluding hydrogens is 352 g/mol. The Bertz CT molecular complexity index is 834. The molecule has 1 amide bonds. The van der Waals surface area contributed by atoms with E-state index in [1.54, 1.807) is 21.3 Å². The molecule has 142 valence electrons. The van der Waals surface area contributed by atoms with E-state index in [1.165, 1.54) is 17.8 Å². The normalized spacial score (nSPS) is 16.2. The molecule has 1 aliphatic rings. The molecule has 0 N–H and O–H groups in total. The van der Waals surface area contributed by atoms with Crippen molar-refractivity contribution in [3.63, 3.8) is 0 Å². The SMILES string of the molecule is COCCn1c(=NC(=O)C2CCCCC2)sc2cc(OC)c(OC)cc21. The number of nitrogens with zero attached hydrogens (tertiary/aromatic N) is 2. The fourth-order valence-corrected chi connectivity index (χ4v) is 4.49. The summed E-state index contributed by atoms with van der Waals surface area (Å²) < 4.78 is 19.1. The van der Waals surface area contributed by atoms with Gasteiger partial charge in [-0.15, -0.1) is 0 Å². The molecule has 1 aromatic carbocycles. The second-order valence-electron chi connectivity index (χ2n) is 6.49. The van der Waals surface area contributed by atoms with Crippen LogP contribution in [0.15, 0.2) is 17.1 Å². The van der Waals surface area contributed by atoms with E-state index in [4.69, 9.17) is 14.2 Å². The van der Waals surface area contributed by atoms with Crippen molar-refractivity contribution in [1.82, 2.24) is 4.57 Å². The fraction of sp³-hybridized carbons (Fsp3) is 0.579. The van der Waals surface area contributed by atoms with Gasteiger partial charge in [0.25, 0.3) is 5.91 Å². The predicted octanol–water partition coefficient (Wildman–Crippen LogP) is 3.37. The summed E-state index contributed by atoms with van der Waals surface area (Å²) in [5, 5.41) is 0. The second-order valence-corrected chi connectivity index (χ2v) is 7.50. The van der Waals surface area contributed by atoms with E-state index in [0.717, 1.165) is 35.9 Å². The Hall–Kier alpha value is -1.86. The van der Waals surface area contributed by atoms with Gasteiger partial charge in [-0.25, -0.2) is 0 Å². The van der Waals surface area contributed by atoms with Gasteiger partial charge < -0.3 is 18.8 Å². The Morgan fingerprint density at radius 2 is 1.85 bits per heavy atom. The molecule has 6 nitrogen and oxygen atoms in total. The van der Waals surface area contributed by atoms with E-state index in [1.807, 2.05) is 16.7 Å². The molecular formula is C19H26N2O4S. The lowest BCUT2D eigenvalue weighted by Crippen LogP contribution is -2.23. The van der Waals surface area contributed by atoms with Crippen LogP contribution in [-0.4, -0.2) is 38.4 Å². The zero-order chi connectivity index (χ0) is 18.5. The van der Waals surface area contributed by atoms with Gasteiger partial charge in [-0.2, -0.15) is 4.99 Å². The van der Waals surface area contributed by atoms with Gasteiger partial charge in [0.05, 0.1) is 31.0 Å². The molecule has 0 spiro atoms. The summed E-state index contributed by atoms with van der Waals surface area (Å²) in [5.74, 6) is 1.40. The van der Waals surface area contributed by atoms with Crippen LogP contribution >= 0.6 is 11.3 Å². The summed E-state index contributed by atoms with van der Waals surface area (Å²) in [6.07, 6.45) is 5.37. The third-order valence-corrected chi connectivity index (χ3v) is 5.91. The van der Waals surface area contributed by atoms with E-state index in [2.05, 4.69) is 4.99 Å². The highest BCUT2D eigenvalue weighted by Gasteiger charge is 2.21. The molecule has 1 saturated carbocycles. The van der Waals surface area contributed by atoms with Crippen LogP contribution in [0.5, 0.6) is 11.5 Å². The Labute approximate surface area is 157 Å². The highest BCUT2D eigenvalue weighted by molar-refractivity contribution is 7.16. The molecule has 0 saturated heterocycles. The summed E-state index contributed by atoms with van der Waals surface area (Å²) in [5.41, 5.74) is 0.972. The minimum Gasteiger partial charge on any atom is -0.493 e. The van der Waals surface area contributed by atoms with Gasteiger partial charge >= 0.3 is 0 Å². The second kappa shape index (κ2) is 8.68. The van der Waals surface area contributed by atoms with Gasteiger partial charge in [0.2, 0.25) is 0 Å². The molecule has 0 radical (unpaired) electrons. The number of carbonyl (C=O) groups excluding carboxylic acids is 1. The Morgan fingerprint density at radius 3 is 2.50 bits per heavy atom. The molecule has 1 aromatic heterocycles. The van der Waals surface area contributed by atoms with E-state index < -0.39 is 0 Å². The highest BCUT2D eigenvalue weighted by atomic mass is 32.1. The molecule has 1 fully saturated rings. The van der Waals surface area contributed by atoms with E-state index in [9.17, 15) is 4.79 Å². The van der Waals surface area contributed by atoms with Crippen molar-refractivity contribution >= 4 is 27.5 Å². The van der Waals surface area contributed by atoms with Crippen LogP contribution < -0.4 is 14.3 Å². The number of benzene rings is 1. The smallest absolute Gasteiger partial charge is 0.251 e. The standard InChI is InChI=1S/C19H26N2O4S/c1-23-10-9-21-14-11-15(24-2)16(25-3)12-17(14)26-19(21)20-18(22)13-7-5-4-6-8-13/h11-13H,4-10H2,1-3H3. The molecule has 1 heterocycles. The molecule has 0 bridgehead atoms. The van der Waals surface area contributed by atoms with Gasteiger partial charge in [0.1, 0.15) is 0 Å². The lowest BCUT2D eigenvalue weighted by molar-refractivity contribution is -0.122. The molecule has 0 unspecified atom stereocenters. The largest absolute Gasteiger partial charge is 0.493 e. The quantitative estimate of drug-likeness (QED) is 0.773. The third kappa shape index (κ3) is 3.94. The average molecular weight is 378 g/mol. The summed E-state index contributed by atoms with van der Waals surface area (Å²) in [4.78, 5) is 17.9. The predicted molar refractivity (Wildman–Crippen MR) is 102 cm³/mol. The van der Waals surface area contributed by atoms with Gasteiger partial charge in [-0.05, 0) is 12.8 Å². The average Bonchev–Trinajstić information content (AvgIpc) is 3.01. The lowest BCUT2D eigenvalue weighted by Gasteiger charge is -2.17. The Balaban J connectivity index is 2.07. The fourth-order valence-electron chi connectivity index (χ4n) is 3.42. The first-order chi connectivity index (χ1) is 12.7. The highest BCUT2D eigenvalue weighted by Crippen LogP contribution is 2.33. The van der Waals surface area contributed by atoms with Crippen molar-refractivity contribution < 1.29 is 19.0 Å². The first kappa shape index (κ1) is 18.9. The Kier molecular flexibility index (Phi) is 6.32. The van der Waals surface area contributed by atoms with Crippen LogP contribution in [0.3, 0.4) is 0 Å². The van der Waals surface area contributed by atoms with Gasteiger partial charge in [0, 0.05) is 31.7 Å². The van der Waals surface area contributed by atoms with E-state index in [-0.39, 0.29) is 11.8 Å². The minimum absolute atomic E-state index is 0.00125. The number of ether oxygens (including phenoxy) is 3. The van der Waals surface area contributed by atoms with Crippen molar-refractivity contribution in [3.05, 3.63) is 16.9 Å². The summed E-state index contributed by atoms with van der Waals surface area (Å²) in [6.45, 7) is 1.17. The zero-order valence-corrected chi connectivity index (χ0v) is 16.4. The molecule has 7 heteroatoms. The van der Waals surface area contributed by atoms with Gasteiger partial charge in [-0.3, -0.25) is 4.79 Å². The minimum atomic E-state index is 0.00125. The van der Waals surface area contributed by atoms with Gasteiger partial charge in [0.15, 0.2) is 16.3 Å². The monoisotopic (exact) mass is 378 g/mol. The van der Waals surface area contributed by atoms with Crippen LogP contribution in [0, 0.1) is 5.92 Å². The van der Waals surface area contributed by atoms with Crippen LogP contribution in [-0.2, 0) is 16.1 Å². The third-order valence-electron chi connectivity index (χ3n) is 4.87. The van der Waals surface area contributed by atoms with Crippen molar-refractivity contribution in [2.24, 2.45) is 10.9 Å². The number of hydrogen-bond donors (Lipinski definition) is 0. The van der Waals surface area contributed by atoms with Gasteiger partial charge in [-0.1, -0.05) is 30.6 Å². The first-order valence-corrected chi connectivity index (χ1v) is 9.82. The molecule has 26 heavy (non-hydrogen) atoms. The number of carbonyl (C=O) groups is 1. The molecule has 3 rings (SSSR count). The van der Waals surface area contributed by atoms with Crippen molar-refractivity contribution in [1.29, 1.82) is 0 Å². The van der Waals surface area contributed by atoms with Crippen molar-refractivity contribution in [2.75, 3.05) is 27.9 Å². The first-order valence-electron chi connectivity index (χ1n) is 9.00. The zero-order valence-electron chi connectivity index (χ0n) is 15.6. The van der Waals surface area contributed by atoms with Crippen molar-refractivity contribution in [2.45, 2.75) is 38.6 Å². The van der Waals surface area contributed by atoms with E-state index >= 15 is 0 Å². The van der Waals surface area contributed by atoms with Crippen molar-refractivity contribution in [3.8, 4) is 11.5 Å². The topological polar surface area (TPSA) is 62.1 Å². The maximum absolute atomic E-state index is 12.7. The molecule has 0 aliphatic heterocycles. The number of amides is 1. The maximum Gasteiger partial charge on any atom is 0.251 e. The number of aromatic nitrogens is 1. The lowest BCUT2D eigenvalue weighted by atomic mass is 9.89. The molecule has 0 atom stereocenters. The Morgan fingerprint density at radius 1 is 1.15 bits per heavy atom. The van der Waals surface area contributed by atoms with Crippen LogP contribution in [0.2, 0.25) is 0 Å². The summed E-state index contributed by atoms with van der Waals surface area (Å²) >= 11 is 1.50. The number of fused-ring (bicyclic) bond motifs is 1. The number of methoxy groups -OCH3 is 3. The summed E-state index contributed by atoms with van der Waals surface area (Å²) in [6, 6.07) is 3.87. The number of hydrogen-bond acceptors (Lipinski definition) is 5. The summed E-state index contributed by atoms with van der Waals surface area (Å²) in [7, 11) is 4.91. The molecule has 2 aromatic rings.